The first kappa shape index (κ1) is 17.3. The van der Waals surface area contributed by atoms with Crippen LogP contribution in [-0.2, 0) is 9.53 Å². The summed E-state index contributed by atoms with van der Waals surface area (Å²) in [5, 5.41) is 24.4. The molecule has 0 bridgehead atoms. The molecule has 1 amide bonds. The van der Waals surface area contributed by atoms with E-state index in [2.05, 4.69) is 26.5 Å². The lowest BCUT2D eigenvalue weighted by atomic mass is 10.2. The molecule has 0 aliphatic carbocycles. The predicted molar refractivity (Wildman–Crippen MR) is 85.5 cm³/mol. The summed E-state index contributed by atoms with van der Waals surface area (Å²) in [6.07, 6.45) is 1.16. The van der Waals surface area contributed by atoms with Crippen molar-refractivity contribution in [2.24, 2.45) is 5.10 Å². The molecule has 1 aliphatic heterocycles. The van der Waals surface area contributed by atoms with Crippen LogP contribution in [0.15, 0.2) is 21.7 Å². The molecule has 23 heavy (non-hydrogen) atoms. The molecule has 1 aromatic rings. The molecule has 2 rings (SSSR count). The molecule has 1 saturated heterocycles. The zero-order valence-corrected chi connectivity index (χ0v) is 13.7. The number of nitro benzene ring substituents is 1. The third kappa shape index (κ3) is 4.98. The van der Waals surface area contributed by atoms with Crippen molar-refractivity contribution in [3.8, 4) is 5.75 Å². The van der Waals surface area contributed by atoms with Gasteiger partial charge in [0, 0.05) is 30.8 Å². The first-order chi connectivity index (χ1) is 11.0. The van der Waals surface area contributed by atoms with Crippen LogP contribution in [0.1, 0.15) is 5.56 Å². The predicted octanol–water partition coefficient (Wildman–Crippen LogP) is 0.845. The van der Waals surface area contributed by atoms with Crippen LogP contribution in [0.5, 0.6) is 5.75 Å². The third-order valence-electron chi connectivity index (χ3n) is 3.15. The topological polar surface area (TPSA) is 117 Å². The largest absolute Gasteiger partial charge is 0.506 e. The highest BCUT2D eigenvalue weighted by Crippen LogP contribution is 2.31. The third-order valence-corrected chi connectivity index (χ3v) is 3.76. The Bertz CT molecular complexity index is 631. The molecular weight excluding hydrogens is 372 g/mol. The number of morpholine rings is 1. The van der Waals surface area contributed by atoms with Gasteiger partial charge in [-0.15, -0.1) is 0 Å². The van der Waals surface area contributed by atoms with Gasteiger partial charge >= 0.3 is 0 Å². The Labute approximate surface area is 140 Å². The lowest BCUT2D eigenvalue weighted by molar-refractivity contribution is -0.385. The number of non-ortho nitro benzene ring substituents is 1. The highest BCUT2D eigenvalue weighted by Gasteiger charge is 2.15. The van der Waals surface area contributed by atoms with Gasteiger partial charge in [-0.25, -0.2) is 5.43 Å². The van der Waals surface area contributed by atoms with Gasteiger partial charge < -0.3 is 9.84 Å². The summed E-state index contributed by atoms with van der Waals surface area (Å²) in [5.74, 6) is -0.506. The number of phenolic OH excluding ortho intramolecular Hbond substituents is 1. The van der Waals surface area contributed by atoms with Crippen molar-refractivity contribution in [2.45, 2.75) is 0 Å². The number of nitrogens with one attached hydrogen (secondary N) is 1. The number of halogens is 1. The van der Waals surface area contributed by atoms with Crippen molar-refractivity contribution in [3.63, 3.8) is 0 Å². The molecule has 0 unspecified atom stereocenters. The monoisotopic (exact) mass is 386 g/mol. The number of benzene rings is 1. The van der Waals surface area contributed by atoms with Gasteiger partial charge in [0.15, 0.2) is 0 Å². The number of phenols is 1. The summed E-state index contributed by atoms with van der Waals surface area (Å²) in [4.78, 5) is 23.9. The van der Waals surface area contributed by atoms with Crippen LogP contribution in [0, 0.1) is 10.1 Å². The van der Waals surface area contributed by atoms with Crippen LogP contribution in [0.3, 0.4) is 0 Å². The first-order valence-corrected chi connectivity index (χ1v) is 7.55. The van der Waals surface area contributed by atoms with E-state index in [-0.39, 0.29) is 33.9 Å². The fourth-order valence-electron chi connectivity index (χ4n) is 1.98. The number of rotatable bonds is 5. The molecule has 10 heteroatoms. The molecule has 0 spiro atoms. The zero-order chi connectivity index (χ0) is 16.8. The number of amides is 1. The summed E-state index contributed by atoms with van der Waals surface area (Å²) in [6.45, 7) is 2.72. The van der Waals surface area contributed by atoms with E-state index in [9.17, 15) is 20.0 Å². The van der Waals surface area contributed by atoms with Gasteiger partial charge in [-0.1, -0.05) is 0 Å². The van der Waals surface area contributed by atoms with E-state index in [1.807, 2.05) is 4.90 Å². The van der Waals surface area contributed by atoms with Gasteiger partial charge in [0.25, 0.3) is 11.6 Å². The van der Waals surface area contributed by atoms with Crippen LogP contribution in [0.25, 0.3) is 0 Å². The Hall–Kier alpha value is -2.04. The molecule has 2 N–H and O–H groups in total. The lowest BCUT2D eigenvalue weighted by Crippen LogP contribution is -2.42. The van der Waals surface area contributed by atoms with E-state index in [0.717, 1.165) is 12.3 Å². The van der Waals surface area contributed by atoms with E-state index in [0.29, 0.717) is 26.3 Å². The van der Waals surface area contributed by atoms with Crippen LogP contribution in [-0.4, -0.2) is 59.9 Å². The van der Waals surface area contributed by atoms with Gasteiger partial charge in [0.1, 0.15) is 5.75 Å². The molecule has 0 saturated carbocycles. The Morgan fingerprint density at radius 2 is 2.22 bits per heavy atom. The molecule has 1 fully saturated rings. The minimum absolute atomic E-state index is 0.123. The second kappa shape index (κ2) is 7.99. The Morgan fingerprint density at radius 3 is 2.87 bits per heavy atom. The van der Waals surface area contributed by atoms with Crippen molar-refractivity contribution in [1.29, 1.82) is 0 Å². The van der Waals surface area contributed by atoms with E-state index in [1.165, 1.54) is 6.07 Å². The number of ether oxygens (including phenoxy) is 1. The van der Waals surface area contributed by atoms with Crippen molar-refractivity contribution in [1.82, 2.24) is 10.3 Å². The number of nitrogens with zero attached hydrogens (tertiary/aromatic N) is 3. The Morgan fingerprint density at radius 1 is 1.52 bits per heavy atom. The maximum Gasteiger partial charge on any atom is 0.271 e. The molecule has 0 atom stereocenters. The van der Waals surface area contributed by atoms with Gasteiger partial charge in [-0.3, -0.25) is 19.8 Å². The molecule has 1 heterocycles. The highest BCUT2D eigenvalue weighted by molar-refractivity contribution is 9.10. The first-order valence-electron chi connectivity index (χ1n) is 6.76. The van der Waals surface area contributed by atoms with Crippen LogP contribution in [0.2, 0.25) is 0 Å². The lowest BCUT2D eigenvalue weighted by Gasteiger charge is -2.25. The fourth-order valence-corrected chi connectivity index (χ4v) is 2.44. The summed E-state index contributed by atoms with van der Waals surface area (Å²) >= 11 is 3.03. The minimum atomic E-state index is -0.585. The molecule has 9 nitrogen and oxygen atoms in total. The maximum atomic E-state index is 11.7. The number of hydrogen-bond donors (Lipinski definition) is 2. The minimum Gasteiger partial charge on any atom is -0.506 e. The summed E-state index contributed by atoms with van der Waals surface area (Å²) in [7, 11) is 0. The Balaban J connectivity index is 1.97. The molecule has 1 aromatic carbocycles. The average Bonchev–Trinajstić information content (AvgIpc) is 2.52. The van der Waals surface area contributed by atoms with Gasteiger partial charge in [-0.05, 0) is 15.9 Å². The van der Waals surface area contributed by atoms with Crippen LogP contribution >= 0.6 is 15.9 Å². The van der Waals surface area contributed by atoms with Crippen LogP contribution < -0.4 is 5.43 Å². The number of carbonyl (C=O) groups excluding carboxylic acids is 1. The van der Waals surface area contributed by atoms with E-state index < -0.39 is 4.92 Å². The smallest absolute Gasteiger partial charge is 0.271 e. The average molecular weight is 387 g/mol. The quantitative estimate of drug-likeness (QED) is 0.439. The standard InChI is InChI=1S/C13H15BrN4O5/c14-11-6-10(18(21)22)5-9(13(11)20)7-15-16-12(19)8-17-1-3-23-4-2-17/h5-7,20H,1-4,8H2,(H,16,19)/b15-7-. The van der Waals surface area contributed by atoms with Gasteiger partial charge in [-0.2, -0.15) is 5.10 Å². The summed E-state index contributed by atoms with van der Waals surface area (Å²) < 4.78 is 5.36. The number of hydrazone groups is 1. The molecule has 1 aliphatic rings. The van der Waals surface area contributed by atoms with E-state index >= 15 is 0 Å². The maximum absolute atomic E-state index is 11.7. The van der Waals surface area contributed by atoms with Gasteiger partial charge in [0.05, 0.1) is 35.4 Å². The second-order valence-corrected chi connectivity index (χ2v) is 5.66. The van der Waals surface area contributed by atoms with Crippen LogP contribution in [0.4, 0.5) is 5.69 Å². The Kier molecular flexibility index (Phi) is 6.02. The van der Waals surface area contributed by atoms with E-state index in [4.69, 9.17) is 4.74 Å². The number of aromatic hydroxyl groups is 1. The number of hydrogen-bond acceptors (Lipinski definition) is 7. The summed E-state index contributed by atoms with van der Waals surface area (Å²) in [6, 6.07) is 2.35. The van der Waals surface area contributed by atoms with E-state index in [1.54, 1.807) is 0 Å². The van der Waals surface area contributed by atoms with Crippen molar-refractivity contribution >= 4 is 33.7 Å². The molecule has 0 aromatic heterocycles. The fraction of sp³-hybridized carbons (Fsp3) is 0.385. The molecule has 0 radical (unpaired) electrons. The van der Waals surface area contributed by atoms with Crippen molar-refractivity contribution in [3.05, 3.63) is 32.3 Å². The van der Waals surface area contributed by atoms with Crippen molar-refractivity contribution in [2.75, 3.05) is 32.8 Å². The van der Waals surface area contributed by atoms with Gasteiger partial charge in [0.2, 0.25) is 0 Å². The van der Waals surface area contributed by atoms with Crippen molar-refractivity contribution < 1.29 is 19.6 Å². The second-order valence-electron chi connectivity index (χ2n) is 4.80. The highest BCUT2D eigenvalue weighted by atomic mass is 79.9. The zero-order valence-electron chi connectivity index (χ0n) is 12.1. The number of carbonyl (C=O) groups is 1. The SMILES string of the molecule is O=C(CN1CCOCC1)N/N=C\c1cc([N+](=O)[O-])cc(Br)c1O. The summed E-state index contributed by atoms with van der Waals surface area (Å²) in [5.41, 5.74) is 2.25. The normalized spacial score (nSPS) is 15.7. The number of nitro groups is 1. The molecular formula is C13H15BrN4O5. The molecule has 124 valence electrons.